The van der Waals surface area contributed by atoms with Crippen LogP contribution in [0, 0.1) is 5.82 Å². The molecule has 8 nitrogen and oxygen atoms in total. The van der Waals surface area contributed by atoms with Gasteiger partial charge in [0, 0.05) is 31.0 Å². The Bertz CT molecular complexity index is 1240. The number of nitrogens with two attached hydrogens (primary N) is 1. The van der Waals surface area contributed by atoms with Crippen LogP contribution in [0.3, 0.4) is 0 Å². The summed E-state index contributed by atoms with van der Waals surface area (Å²) >= 11 is 0. The molecule has 2 aromatic carbocycles. The zero-order chi connectivity index (χ0) is 21.8. The summed E-state index contributed by atoms with van der Waals surface area (Å²) < 4.78 is 16.1. The molecule has 1 aliphatic rings. The third-order valence-corrected chi connectivity index (χ3v) is 4.66. The number of rotatable bonds is 5. The molecule has 0 bridgehead atoms. The first-order chi connectivity index (χ1) is 15.1. The summed E-state index contributed by atoms with van der Waals surface area (Å²) in [7, 11) is 0. The zero-order valence-corrected chi connectivity index (χ0v) is 16.4. The van der Waals surface area contributed by atoms with Crippen LogP contribution in [0.2, 0.25) is 0 Å². The van der Waals surface area contributed by atoms with Gasteiger partial charge in [-0.2, -0.15) is 5.10 Å². The molecular weight excluding hydrogens is 399 g/mol. The Hall–Kier alpha value is -4.27. The van der Waals surface area contributed by atoms with Crippen LogP contribution in [0.25, 0.3) is 5.69 Å². The first-order valence-corrected chi connectivity index (χ1v) is 9.54. The van der Waals surface area contributed by atoms with Crippen molar-refractivity contribution in [3.63, 3.8) is 0 Å². The van der Waals surface area contributed by atoms with E-state index < -0.39 is 5.82 Å². The van der Waals surface area contributed by atoms with Crippen LogP contribution in [-0.2, 0) is 0 Å². The van der Waals surface area contributed by atoms with Crippen LogP contribution in [0.4, 0.5) is 20.6 Å². The maximum absolute atomic E-state index is 14.9. The Kier molecular flexibility index (Phi) is 5.57. The van der Waals surface area contributed by atoms with Crippen molar-refractivity contribution in [2.75, 3.05) is 18.0 Å². The van der Waals surface area contributed by atoms with E-state index in [0.29, 0.717) is 24.5 Å². The van der Waals surface area contributed by atoms with Gasteiger partial charge in [0.2, 0.25) is 5.43 Å². The van der Waals surface area contributed by atoms with Crippen LogP contribution in [0.1, 0.15) is 5.69 Å². The molecule has 0 radical (unpaired) electrons. The molecule has 0 aliphatic carbocycles. The number of para-hydroxylation sites is 1. The normalized spacial score (nSPS) is 14.3. The standard InChI is InChI=1S/C22H19FN6O2/c23-17-14-16(28-13-11-25-22(28)31)6-7-19(17)29-12-9-20(30)21(27-29)18(8-10-24)26-15-4-2-1-3-5-15/h1-10,12,14H,11,13,24H2,(H,25,31). The Labute approximate surface area is 177 Å². The lowest BCUT2D eigenvalue weighted by atomic mass is 10.2. The molecule has 2 heterocycles. The van der Waals surface area contributed by atoms with Gasteiger partial charge >= 0.3 is 6.03 Å². The van der Waals surface area contributed by atoms with Crippen LogP contribution in [-0.4, -0.2) is 34.6 Å². The average molecular weight is 418 g/mol. The summed E-state index contributed by atoms with van der Waals surface area (Å²) in [6, 6.07) is 14.4. The van der Waals surface area contributed by atoms with Crippen molar-refractivity contribution in [1.82, 2.24) is 15.1 Å². The summed E-state index contributed by atoms with van der Waals surface area (Å²) in [4.78, 5) is 30.2. The van der Waals surface area contributed by atoms with Gasteiger partial charge in [0.05, 0.1) is 11.4 Å². The van der Waals surface area contributed by atoms with Gasteiger partial charge in [-0.15, -0.1) is 0 Å². The lowest BCUT2D eigenvalue weighted by Crippen LogP contribution is -2.27. The summed E-state index contributed by atoms with van der Waals surface area (Å²) in [5.41, 5.74) is 6.61. The predicted molar refractivity (Wildman–Crippen MR) is 117 cm³/mol. The quantitative estimate of drug-likeness (QED) is 0.621. The van der Waals surface area contributed by atoms with E-state index in [1.165, 1.54) is 46.3 Å². The van der Waals surface area contributed by atoms with Crippen LogP contribution in [0.15, 0.2) is 82.9 Å². The minimum Gasteiger partial charge on any atom is -0.405 e. The number of urea groups is 1. The second kappa shape index (κ2) is 8.62. The van der Waals surface area contributed by atoms with Crippen molar-refractivity contribution in [3.05, 3.63) is 94.8 Å². The summed E-state index contributed by atoms with van der Waals surface area (Å²) in [5.74, 6) is -0.588. The van der Waals surface area contributed by atoms with Gasteiger partial charge in [0.25, 0.3) is 0 Å². The minimum atomic E-state index is -0.588. The zero-order valence-electron chi connectivity index (χ0n) is 16.4. The van der Waals surface area contributed by atoms with Crippen molar-refractivity contribution >= 4 is 23.1 Å². The lowest BCUT2D eigenvalue weighted by molar-refractivity contribution is 0.252. The van der Waals surface area contributed by atoms with Gasteiger partial charge in [-0.25, -0.2) is 18.9 Å². The monoisotopic (exact) mass is 418 g/mol. The molecule has 1 aliphatic heterocycles. The van der Waals surface area contributed by atoms with Gasteiger partial charge in [0.15, 0.2) is 11.5 Å². The molecule has 9 heteroatoms. The number of carbonyl (C=O) groups is 1. The van der Waals surface area contributed by atoms with E-state index in [4.69, 9.17) is 5.73 Å². The number of hydrogen-bond donors (Lipinski definition) is 2. The van der Waals surface area contributed by atoms with Crippen LogP contribution < -0.4 is 21.4 Å². The number of anilines is 1. The fourth-order valence-corrected chi connectivity index (χ4v) is 3.19. The van der Waals surface area contributed by atoms with E-state index in [2.05, 4.69) is 15.4 Å². The molecule has 3 aromatic rings. The maximum atomic E-state index is 14.9. The molecule has 1 fully saturated rings. The Morgan fingerprint density at radius 2 is 1.97 bits per heavy atom. The fourth-order valence-electron chi connectivity index (χ4n) is 3.19. The van der Waals surface area contributed by atoms with Crippen molar-refractivity contribution < 1.29 is 9.18 Å². The van der Waals surface area contributed by atoms with Crippen LogP contribution >= 0.6 is 0 Å². The molecule has 31 heavy (non-hydrogen) atoms. The van der Waals surface area contributed by atoms with Gasteiger partial charge in [-0.05, 0) is 42.6 Å². The van der Waals surface area contributed by atoms with E-state index in [0.717, 1.165) is 0 Å². The SMILES string of the molecule is NC=CC(=Nc1ccccc1)c1nn(-c2ccc(N3CCNC3=O)cc2F)ccc1=O. The third-order valence-electron chi connectivity index (χ3n) is 4.66. The van der Waals surface area contributed by atoms with E-state index in [1.54, 1.807) is 18.2 Å². The van der Waals surface area contributed by atoms with E-state index in [9.17, 15) is 14.0 Å². The van der Waals surface area contributed by atoms with Crippen LogP contribution in [0.5, 0.6) is 0 Å². The third kappa shape index (κ3) is 4.20. The molecular formula is C22H19FN6O2. The van der Waals surface area contributed by atoms with Gasteiger partial charge in [0.1, 0.15) is 5.69 Å². The van der Waals surface area contributed by atoms with Gasteiger partial charge < -0.3 is 11.1 Å². The first-order valence-electron chi connectivity index (χ1n) is 9.54. The van der Waals surface area contributed by atoms with Crippen molar-refractivity contribution in [1.29, 1.82) is 0 Å². The molecule has 156 valence electrons. The molecule has 1 saturated heterocycles. The second-order valence-electron chi connectivity index (χ2n) is 6.68. The van der Waals surface area contributed by atoms with Gasteiger partial charge in [-0.1, -0.05) is 18.2 Å². The molecule has 0 spiro atoms. The number of nitrogens with zero attached hydrogens (tertiary/aromatic N) is 4. The molecule has 3 N–H and O–H groups in total. The number of halogens is 1. The second-order valence-corrected chi connectivity index (χ2v) is 6.68. The Morgan fingerprint density at radius 3 is 2.65 bits per heavy atom. The molecule has 4 rings (SSSR count). The number of aromatic nitrogens is 2. The molecule has 1 aromatic heterocycles. The summed E-state index contributed by atoms with van der Waals surface area (Å²) in [5, 5.41) is 6.97. The largest absolute Gasteiger partial charge is 0.405 e. The number of hydrogen-bond acceptors (Lipinski definition) is 5. The highest BCUT2D eigenvalue weighted by Crippen LogP contribution is 2.22. The molecule has 0 saturated carbocycles. The minimum absolute atomic E-state index is 0.0236. The fraction of sp³-hybridized carbons (Fsp3) is 0.0909. The molecule has 0 atom stereocenters. The molecule has 0 unspecified atom stereocenters. The Morgan fingerprint density at radius 1 is 1.16 bits per heavy atom. The highest BCUT2D eigenvalue weighted by Gasteiger charge is 2.22. The lowest BCUT2D eigenvalue weighted by Gasteiger charge is -2.16. The topological polar surface area (TPSA) is 106 Å². The van der Waals surface area contributed by atoms with E-state index in [1.807, 2.05) is 18.2 Å². The van der Waals surface area contributed by atoms with Crippen molar-refractivity contribution in [2.24, 2.45) is 10.7 Å². The van der Waals surface area contributed by atoms with E-state index >= 15 is 0 Å². The smallest absolute Gasteiger partial charge is 0.321 e. The number of aliphatic imine (C=N–C) groups is 1. The van der Waals surface area contributed by atoms with Crippen molar-refractivity contribution in [3.8, 4) is 5.69 Å². The Balaban J connectivity index is 1.74. The highest BCUT2D eigenvalue weighted by molar-refractivity contribution is 6.08. The van der Waals surface area contributed by atoms with Crippen molar-refractivity contribution in [2.45, 2.75) is 0 Å². The number of amides is 2. The van der Waals surface area contributed by atoms with E-state index in [-0.39, 0.29) is 28.6 Å². The number of nitrogens with one attached hydrogen (secondary N) is 1. The predicted octanol–water partition coefficient (Wildman–Crippen LogP) is 2.49. The summed E-state index contributed by atoms with van der Waals surface area (Å²) in [6.45, 7) is 0.966. The first kappa shape index (κ1) is 20.0. The number of allylic oxidation sites excluding steroid dienone is 1. The number of carbonyl (C=O) groups excluding carboxylic acids is 1. The number of benzene rings is 2. The average Bonchev–Trinajstić information content (AvgIpc) is 3.20. The molecule has 2 amide bonds. The van der Waals surface area contributed by atoms with Gasteiger partial charge in [-0.3, -0.25) is 9.69 Å². The maximum Gasteiger partial charge on any atom is 0.321 e. The highest BCUT2D eigenvalue weighted by atomic mass is 19.1. The summed E-state index contributed by atoms with van der Waals surface area (Å²) in [6.07, 6.45) is 4.10.